The number of phenolic OH excluding ortho intramolecular Hbond substituents is 1. The second-order valence-corrected chi connectivity index (χ2v) is 6.64. The fourth-order valence-electron chi connectivity index (χ4n) is 2.46. The number of hydrogen-bond donors (Lipinski definition) is 6. The molecule has 1 aromatic carbocycles. The second kappa shape index (κ2) is 6.88. The van der Waals surface area contributed by atoms with Crippen molar-refractivity contribution in [2.45, 2.75) is 25.0 Å². The number of aryl methyl sites for hydroxylation is 1. The standard InChI is InChI=1S/C15H18NO7P/c17-11-4-1-3-10(9-11)7-8-15(19,20)14-12(16-24(21,22)23)5-2-6-13(14)18/h1-4,6,9,17-20H,5,7-8H2,(H2,21,22,23). The summed E-state index contributed by atoms with van der Waals surface area (Å²) < 4.78 is 14.3. The monoisotopic (exact) mass is 355 g/mol. The van der Waals surface area contributed by atoms with Crippen LogP contribution in [0.3, 0.4) is 0 Å². The van der Waals surface area contributed by atoms with E-state index >= 15 is 0 Å². The van der Waals surface area contributed by atoms with Crippen molar-refractivity contribution >= 4 is 13.5 Å². The van der Waals surface area contributed by atoms with Gasteiger partial charge in [-0.3, -0.25) is 0 Å². The molecule has 0 fully saturated rings. The van der Waals surface area contributed by atoms with Gasteiger partial charge in [0, 0.05) is 12.8 Å². The molecule has 0 bridgehead atoms. The predicted molar refractivity (Wildman–Crippen MR) is 86.5 cm³/mol. The third kappa shape index (κ3) is 4.77. The number of aromatic hydroxyl groups is 1. The zero-order chi connectivity index (χ0) is 18.0. The van der Waals surface area contributed by atoms with Gasteiger partial charge in [-0.15, -0.1) is 0 Å². The Morgan fingerprint density at radius 3 is 2.54 bits per heavy atom. The average Bonchev–Trinajstić information content (AvgIpc) is 2.43. The van der Waals surface area contributed by atoms with Gasteiger partial charge in [0.15, 0.2) is 5.79 Å². The zero-order valence-electron chi connectivity index (χ0n) is 12.6. The molecule has 6 N–H and O–H groups in total. The fourth-order valence-corrected chi connectivity index (χ4v) is 2.95. The first-order chi connectivity index (χ1) is 11.1. The molecule has 0 saturated heterocycles. The van der Waals surface area contributed by atoms with Crippen molar-refractivity contribution in [3.05, 3.63) is 53.3 Å². The molecule has 0 heterocycles. The summed E-state index contributed by atoms with van der Waals surface area (Å²) in [7, 11) is -4.80. The van der Waals surface area contributed by atoms with E-state index in [2.05, 4.69) is 4.76 Å². The Morgan fingerprint density at radius 1 is 1.21 bits per heavy atom. The van der Waals surface area contributed by atoms with Crippen molar-refractivity contribution in [3.63, 3.8) is 0 Å². The Labute approximate surface area is 138 Å². The van der Waals surface area contributed by atoms with E-state index in [1.54, 1.807) is 12.1 Å². The Morgan fingerprint density at radius 2 is 1.92 bits per heavy atom. The van der Waals surface area contributed by atoms with E-state index in [9.17, 15) is 25.0 Å². The normalized spacial score (nSPS) is 17.6. The molecule has 0 spiro atoms. The quantitative estimate of drug-likeness (QED) is 0.344. The maximum Gasteiger partial charge on any atom is 0.448 e. The van der Waals surface area contributed by atoms with E-state index in [1.165, 1.54) is 24.3 Å². The second-order valence-electron chi connectivity index (χ2n) is 5.41. The topological polar surface area (TPSA) is 151 Å². The van der Waals surface area contributed by atoms with Crippen LogP contribution in [0.15, 0.2) is 52.5 Å². The number of aliphatic hydroxyl groups excluding tert-OH is 1. The molecule has 8 nitrogen and oxygen atoms in total. The lowest BCUT2D eigenvalue weighted by Crippen LogP contribution is -2.37. The summed E-state index contributed by atoms with van der Waals surface area (Å²) in [6.07, 6.45) is 2.43. The van der Waals surface area contributed by atoms with Gasteiger partial charge in [-0.05, 0) is 30.2 Å². The van der Waals surface area contributed by atoms with Crippen molar-refractivity contribution in [1.82, 2.24) is 0 Å². The maximum absolute atomic E-state index is 11.1. The molecule has 1 aromatic rings. The van der Waals surface area contributed by atoms with Crippen LogP contribution in [0.2, 0.25) is 0 Å². The summed E-state index contributed by atoms with van der Waals surface area (Å²) >= 11 is 0. The minimum absolute atomic E-state index is 0.0281. The molecule has 0 unspecified atom stereocenters. The molecule has 0 amide bonds. The number of rotatable bonds is 5. The summed E-state index contributed by atoms with van der Waals surface area (Å²) in [4.78, 5) is 18.0. The molecule has 130 valence electrons. The predicted octanol–water partition coefficient (Wildman–Crippen LogP) is 1.31. The minimum atomic E-state index is -4.80. The van der Waals surface area contributed by atoms with Gasteiger partial charge >= 0.3 is 7.75 Å². The van der Waals surface area contributed by atoms with Crippen molar-refractivity contribution in [2.75, 3.05) is 0 Å². The van der Waals surface area contributed by atoms with E-state index in [0.29, 0.717) is 5.56 Å². The van der Waals surface area contributed by atoms with Gasteiger partial charge in [0.1, 0.15) is 11.5 Å². The van der Waals surface area contributed by atoms with Crippen molar-refractivity contribution in [1.29, 1.82) is 0 Å². The van der Waals surface area contributed by atoms with Gasteiger partial charge in [0.25, 0.3) is 0 Å². The summed E-state index contributed by atoms with van der Waals surface area (Å²) in [6.45, 7) is 0. The lowest BCUT2D eigenvalue weighted by atomic mass is 9.89. The Hall–Kier alpha value is -1.96. The third-order valence-electron chi connectivity index (χ3n) is 3.46. The summed E-state index contributed by atoms with van der Waals surface area (Å²) in [5.74, 6) is -3.04. The first-order valence-electron chi connectivity index (χ1n) is 7.06. The van der Waals surface area contributed by atoms with Gasteiger partial charge in [-0.1, -0.05) is 18.2 Å². The number of aliphatic hydroxyl groups is 3. The number of allylic oxidation sites excluding steroid dienone is 2. The van der Waals surface area contributed by atoms with Crippen LogP contribution in [0.25, 0.3) is 0 Å². The van der Waals surface area contributed by atoms with Crippen LogP contribution < -0.4 is 0 Å². The van der Waals surface area contributed by atoms with E-state index < -0.39 is 24.9 Å². The number of phenols is 1. The SMILES string of the molecule is O=P(O)(O)N=C1CC=CC(O)=C1C(O)(O)CCc1cccc(O)c1. The first kappa shape index (κ1) is 18.4. The minimum Gasteiger partial charge on any atom is -0.508 e. The number of hydrogen-bond acceptors (Lipinski definition) is 5. The molecule has 1 aliphatic carbocycles. The molecule has 0 aromatic heterocycles. The molecule has 0 radical (unpaired) electrons. The Bertz CT molecular complexity index is 761. The highest BCUT2D eigenvalue weighted by atomic mass is 31.2. The lowest BCUT2D eigenvalue weighted by Gasteiger charge is -2.28. The number of nitrogens with zero attached hydrogens (tertiary/aromatic N) is 1. The molecule has 0 aliphatic heterocycles. The fraction of sp³-hybridized carbons (Fsp3) is 0.267. The van der Waals surface area contributed by atoms with Crippen LogP contribution in [-0.2, 0) is 11.0 Å². The summed E-state index contributed by atoms with van der Waals surface area (Å²) in [6, 6.07) is 6.20. The van der Waals surface area contributed by atoms with Crippen LogP contribution in [0.4, 0.5) is 0 Å². The molecule has 2 rings (SSSR count). The van der Waals surface area contributed by atoms with E-state index in [4.69, 9.17) is 9.79 Å². The van der Waals surface area contributed by atoms with Gasteiger partial charge in [0.05, 0.1) is 11.3 Å². The molecular weight excluding hydrogens is 337 g/mol. The molecule has 0 atom stereocenters. The van der Waals surface area contributed by atoms with E-state index in [1.807, 2.05) is 0 Å². The van der Waals surface area contributed by atoms with Crippen LogP contribution in [0.1, 0.15) is 18.4 Å². The third-order valence-corrected chi connectivity index (χ3v) is 3.96. The summed E-state index contributed by atoms with van der Waals surface area (Å²) in [5.41, 5.74) is -0.0971. The zero-order valence-corrected chi connectivity index (χ0v) is 13.5. The maximum atomic E-state index is 11.1. The van der Waals surface area contributed by atoms with Gasteiger partial charge in [-0.25, -0.2) is 4.57 Å². The van der Waals surface area contributed by atoms with Crippen LogP contribution >= 0.6 is 7.75 Å². The van der Waals surface area contributed by atoms with Crippen LogP contribution in [0.5, 0.6) is 5.75 Å². The highest BCUT2D eigenvalue weighted by Gasteiger charge is 2.36. The molecule has 9 heteroatoms. The Balaban J connectivity index is 2.29. The average molecular weight is 355 g/mol. The van der Waals surface area contributed by atoms with Crippen molar-refractivity contribution < 1.29 is 34.8 Å². The van der Waals surface area contributed by atoms with Gasteiger partial charge < -0.3 is 30.2 Å². The Kier molecular flexibility index (Phi) is 5.27. The van der Waals surface area contributed by atoms with Crippen LogP contribution in [-0.4, -0.2) is 41.7 Å². The smallest absolute Gasteiger partial charge is 0.448 e. The summed E-state index contributed by atoms with van der Waals surface area (Å²) in [5, 5.41) is 40.0. The highest BCUT2D eigenvalue weighted by molar-refractivity contribution is 7.50. The van der Waals surface area contributed by atoms with E-state index in [-0.39, 0.29) is 30.7 Å². The van der Waals surface area contributed by atoms with Gasteiger partial charge in [-0.2, -0.15) is 4.76 Å². The van der Waals surface area contributed by atoms with Crippen molar-refractivity contribution in [2.24, 2.45) is 4.76 Å². The first-order valence-corrected chi connectivity index (χ1v) is 8.63. The lowest BCUT2D eigenvalue weighted by molar-refractivity contribution is -0.129. The van der Waals surface area contributed by atoms with Gasteiger partial charge in [0.2, 0.25) is 0 Å². The molecule has 0 saturated carbocycles. The molecule has 24 heavy (non-hydrogen) atoms. The van der Waals surface area contributed by atoms with Crippen LogP contribution in [0, 0.1) is 0 Å². The van der Waals surface area contributed by atoms with E-state index in [0.717, 1.165) is 0 Å². The number of benzene rings is 1. The highest BCUT2D eigenvalue weighted by Crippen LogP contribution is 2.40. The molecular formula is C15H18NO7P. The molecule has 1 aliphatic rings. The largest absolute Gasteiger partial charge is 0.508 e. The van der Waals surface area contributed by atoms with Crippen molar-refractivity contribution in [3.8, 4) is 5.75 Å².